The Labute approximate surface area is 134 Å². The summed E-state index contributed by atoms with van der Waals surface area (Å²) >= 11 is 5.24. The van der Waals surface area contributed by atoms with Crippen molar-refractivity contribution in [3.05, 3.63) is 27.5 Å². The zero-order valence-corrected chi connectivity index (χ0v) is 13.8. The molecule has 3 heterocycles. The van der Waals surface area contributed by atoms with Crippen LogP contribution in [0, 0.1) is 6.92 Å². The molecule has 0 spiro atoms. The summed E-state index contributed by atoms with van der Waals surface area (Å²) in [6, 6.07) is 6.05. The van der Waals surface area contributed by atoms with E-state index in [1.807, 2.05) is 12.1 Å². The average molecular weight is 365 g/mol. The second kappa shape index (κ2) is 5.03. The van der Waals surface area contributed by atoms with E-state index in [1.54, 1.807) is 11.3 Å². The predicted octanol–water partition coefficient (Wildman–Crippen LogP) is 4.52. The SMILES string of the molecule is Cc1cc(-c2nc3cc4c(cc3[nH]2)OCCCO4)sc1Br. The van der Waals surface area contributed by atoms with Crippen molar-refractivity contribution in [3.63, 3.8) is 0 Å². The number of rotatable bonds is 1. The lowest BCUT2D eigenvalue weighted by atomic mass is 10.3. The van der Waals surface area contributed by atoms with Crippen LogP contribution in [0.2, 0.25) is 0 Å². The van der Waals surface area contributed by atoms with Gasteiger partial charge in [-0.1, -0.05) is 0 Å². The van der Waals surface area contributed by atoms with Crippen molar-refractivity contribution in [2.24, 2.45) is 0 Å². The Bertz CT molecular complexity index is 762. The summed E-state index contributed by atoms with van der Waals surface area (Å²) in [6.07, 6.45) is 0.907. The average Bonchev–Trinajstić information content (AvgIpc) is 2.93. The van der Waals surface area contributed by atoms with Gasteiger partial charge in [-0.15, -0.1) is 11.3 Å². The number of thiophene rings is 1. The molecule has 0 aliphatic carbocycles. The molecule has 1 aliphatic rings. The minimum atomic E-state index is 0.687. The molecule has 0 radical (unpaired) electrons. The predicted molar refractivity (Wildman–Crippen MR) is 87.5 cm³/mol. The molecule has 0 atom stereocenters. The van der Waals surface area contributed by atoms with Crippen LogP contribution in [0.4, 0.5) is 0 Å². The van der Waals surface area contributed by atoms with Gasteiger partial charge in [0.25, 0.3) is 0 Å². The van der Waals surface area contributed by atoms with Gasteiger partial charge in [-0.2, -0.15) is 0 Å². The van der Waals surface area contributed by atoms with Gasteiger partial charge < -0.3 is 14.5 Å². The number of ether oxygens (including phenoxy) is 2. The molecule has 4 nitrogen and oxygen atoms in total. The summed E-state index contributed by atoms with van der Waals surface area (Å²) in [5, 5.41) is 0. The maximum atomic E-state index is 5.72. The van der Waals surface area contributed by atoms with Gasteiger partial charge in [0.15, 0.2) is 11.5 Å². The van der Waals surface area contributed by atoms with Gasteiger partial charge in [0.05, 0.1) is 32.9 Å². The molecule has 0 amide bonds. The Morgan fingerprint density at radius 3 is 2.67 bits per heavy atom. The minimum Gasteiger partial charge on any atom is -0.489 e. The van der Waals surface area contributed by atoms with E-state index in [0.717, 1.165) is 43.4 Å². The number of H-pyrrole nitrogens is 1. The maximum Gasteiger partial charge on any atom is 0.163 e. The number of halogens is 1. The Morgan fingerprint density at radius 1 is 1.19 bits per heavy atom. The summed E-state index contributed by atoms with van der Waals surface area (Å²) in [4.78, 5) is 9.16. The summed E-state index contributed by atoms with van der Waals surface area (Å²) < 4.78 is 12.6. The normalized spacial score (nSPS) is 14.4. The third kappa shape index (κ3) is 2.32. The van der Waals surface area contributed by atoms with E-state index in [-0.39, 0.29) is 0 Å². The minimum absolute atomic E-state index is 0.687. The van der Waals surface area contributed by atoms with Crippen LogP contribution in [0.25, 0.3) is 21.7 Å². The second-order valence-corrected chi connectivity index (χ2v) is 7.39. The van der Waals surface area contributed by atoms with Crippen molar-refractivity contribution in [1.82, 2.24) is 9.97 Å². The third-order valence-electron chi connectivity index (χ3n) is 3.44. The number of fused-ring (bicyclic) bond motifs is 2. The molecule has 2 aromatic heterocycles. The Balaban J connectivity index is 1.83. The van der Waals surface area contributed by atoms with Crippen molar-refractivity contribution < 1.29 is 9.47 Å². The molecule has 21 heavy (non-hydrogen) atoms. The zero-order valence-electron chi connectivity index (χ0n) is 11.4. The van der Waals surface area contributed by atoms with Crippen molar-refractivity contribution in [2.45, 2.75) is 13.3 Å². The van der Waals surface area contributed by atoms with E-state index in [4.69, 9.17) is 9.47 Å². The van der Waals surface area contributed by atoms with Gasteiger partial charge in [0, 0.05) is 18.6 Å². The number of nitrogens with one attached hydrogen (secondary N) is 1. The number of imidazole rings is 1. The van der Waals surface area contributed by atoms with Crippen LogP contribution < -0.4 is 9.47 Å². The molecular formula is C15H13BrN2O2S. The van der Waals surface area contributed by atoms with Gasteiger partial charge in [-0.05, 0) is 34.5 Å². The molecule has 6 heteroatoms. The molecule has 0 bridgehead atoms. The first-order valence-corrected chi connectivity index (χ1v) is 8.37. The van der Waals surface area contributed by atoms with E-state index in [2.05, 4.69) is 38.9 Å². The van der Waals surface area contributed by atoms with Gasteiger partial charge in [-0.25, -0.2) is 4.98 Å². The summed E-state index contributed by atoms with van der Waals surface area (Å²) in [7, 11) is 0. The quantitative estimate of drug-likeness (QED) is 0.690. The number of aromatic amines is 1. The van der Waals surface area contributed by atoms with Crippen LogP contribution in [-0.4, -0.2) is 23.2 Å². The number of aromatic nitrogens is 2. The molecule has 1 aliphatic heterocycles. The molecule has 0 fully saturated rings. The number of nitrogens with zero attached hydrogens (tertiary/aromatic N) is 1. The Kier molecular flexibility index (Phi) is 3.15. The molecule has 0 unspecified atom stereocenters. The van der Waals surface area contributed by atoms with Crippen molar-refractivity contribution in [1.29, 1.82) is 0 Å². The van der Waals surface area contributed by atoms with Gasteiger partial charge in [-0.3, -0.25) is 0 Å². The van der Waals surface area contributed by atoms with Crippen molar-refractivity contribution >= 4 is 38.3 Å². The van der Waals surface area contributed by atoms with Crippen LogP contribution >= 0.6 is 27.3 Å². The molecule has 3 aromatic rings. The first-order valence-electron chi connectivity index (χ1n) is 6.76. The van der Waals surface area contributed by atoms with Crippen molar-refractivity contribution in [2.75, 3.05) is 13.2 Å². The molecule has 4 rings (SSSR count). The summed E-state index contributed by atoms with van der Waals surface area (Å²) in [5.41, 5.74) is 3.09. The van der Waals surface area contributed by atoms with Crippen LogP contribution in [0.5, 0.6) is 11.5 Å². The molecule has 0 saturated carbocycles. The Morgan fingerprint density at radius 2 is 1.95 bits per heavy atom. The summed E-state index contributed by atoms with van der Waals surface area (Å²) in [5.74, 6) is 2.45. The van der Waals surface area contributed by atoms with E-state index >= 15 is 0 Å². The van der Waals surface area contributed by atoms with E-state index in [0.29, 0.717) is 13.2 Å². The molecule has 108 valence electrons. The largest absolute Gasteiger partial charge is 0.489 e. The molecule has 0 saturated heterocycles. The lowest BCUT2D eigenvalue weighted by molar-refractivity contribution is 0.297. The Hall–Kier alpha value is -1.53. The lowest BCUT2D eigenvalue weighted by Crippen LogP contribution is -1.97. The first kappa shape index (κ1) is 13.2. The lowest BCUT2D eigenvalue weighted by Gasteiger charge is -2.05. The highest BCUT2D eigenvalue weighted by Gasteiger charge is 2.15. The fourth-order valence-corrected chi connectivity index (χ4v) is 3.84. The topological polar surface area (TPSA) is 47.1 Å². The smallest absolute Gasteiger partial charge is 0.163 e. The fraction of sp³-hybridized carbons (Fsp3) is 0.267. The highest BCUT2D eigenvalue weighted by Crippen LogP contribution is 2.37. The number of benzene rings is 1. The van der Waals surface area contributed by atoms with Gasteiger partial charge >= 0.3 is 0 Å². The molecule has 1 N–H and O–H groups in total. The van der Waals surface area contributed by atoms with E-state index in [9.17, 15) is 0 Å². The third-order valence-corrected chi connectivity index (χ3v) is 5.59. The number of hydrogen-bond donors (Lipinski definition) is 1. The highest BCUT2D eigenvalue weighted by molar-refractivity contribution is 9.11. The maximum absolute atomic E-state index is 5.72. The van der Waals surface area contributed by atoms with Crippen LogP contribution in [0.1, 0.15) is 12.0 Å². The van der Waals surface area contributed by atoms with Gasteiger partial charge in [0.1, 0.15) is 5.82 Å². The monoisotopic (exact) mass is 364 g/mol. The van der Waals surface area contributed by atoms with E-state index < -0.39 is 0 Å². The summed E-state index contributed by atoms with van der Waals surface area (Å²) in [6.45, 7) is 3.46. The van der Waals surface area contributed by atoms with Crippen LogP contribution in [0.15, 0.2) is 22.0 Å². The fourth-order valence-electron chi connectivity index (χ4n) is 2.36. The second-order valence-electron chi connectivity index (χ2n) is 5.02. The van der Waals surface area contributed by atoms with Crippen LogP contribution in [-0.2, 0) is 0 Å². The molecule has 1 aromatic carbocycles. The molecular weight excluding hydrogens is 352 g/mol. The number of aryl methyl sites for hydroxylation is 1. The zero-order chi connectivity index (χ0) is 14.4. The first-order chi connectivity index (χ1) is 10.2. The van der Waals surface area contributed by atoms with Crippen molar-refractivity contribution in [3.8, 4) is 22.2 Å². The number of hydrogen-bond acceptors (Lipinski definition) is 4. The van der Waals surface area contributed by atoms with E-state index in [1.165, 1.54) is 5.56 Å². The standard InChI is InChI=1S/C15H13BrN2O2S/c1-8-5-13(21-14(8)16)15-17-9-6-11-12(7-10(9)18-15)20-4-2-3-19-11/h5-7H,2-4H2,1H3,(H,17,18). The van der Waals surface area contributed by atoms with Gasteiger partial charge in [0.2, 0.25) is 0 Å². The highest BCUT2D eigenvalue weighted by atomic mass is 79.9. The van der Waals surface area contributed by atoms with Crippen LogP contribution in [0.3, 0.4) is 0 Å².